The molecule has 0 fully saturated rings. The van der Waals surface area contributed by atoms with Gasteiger partial charge in [0.1, 0.15) is 0 Å². The van der Waals surface area contributed by atoms with Crippen LogP contribution in [0.2, 0.25) is 0 Å². The van der Waals surface area contributed by atoms with Crippen LogP contribution in [0, 0.1) is 5.92 Å². The molecule has 0 aliphatic heterocycles. The van der Waals surface area contributed by atoms with E-state index in [1.807, 2.05) is 0 Å². The second-order valence-electron chi connectivity index (χ2n) is 1.73. The number of hydrogen-bond acceptors (Lipinski definition) is 0. The van der Waals surface area contributed by atoms with Gasteiger partial charge in [0.25, 0.3) is 0 Å². The maximum atomic E-state index is 2.17. The van der Waals surface area contributed by atoms with Gasteiger partial charge in [-0.3, -0.25) is 0 Å². The van der Waals surface area contributed by atoms with Crippen LogP contribution in [0.1, 0.15) is 20.8 Å². The summed E-state index contributed by atoms with van der Waals surface area (Å²) >= 11 is 0. The quantitative estimate of drug-likeness (QED) is 0.509. The van der Waals surface area contributed by atoms with Gasteiger partial charge in [-0.1, -0.05) is 20.8 Å². The third kappa shape index (κ3) is 66.2. The maximum absolute atomic E-state index is 2.17. The zero-order chi connectivity index (χ0) is 3.58. The van der Waals surface area contributed by atoms with Gasteiger partial charge >= 0.3 is 0 Å². The Hall–Kier alpha value is 0.730. The molecule has 0 aromatic heterocycles. The van der Waals surface area contributed by atoms with Crippen molar-refractivity contribution in [3.8, 4) is 0 Å². The zero-order valence-electron chi connectivity index (χ0n) is 3.99. The highest BCUT2D eigenvalue weighted by Crippen LogP contribution is 1.81. The Bertz CT molecular complexity index is 8.36. The molecule has 0 rings (SSSR count). The molecule has 0 amide bonds. The number of halogens is 1. The molecule has 0 saturated carbocycles. The fraction of sp³-hybridized carbons (Fsp3) is 1.00. The van der Waals surface area contributed by atoms with Crippen LogP contribution in [0.25, 0.3) is 0 Å². The van der Waals surface area contributed by atoms with Crippen LogP contribution in [0.3, 0.4) is 0 Å². The van der Waals surface area contributed by atoms with Gasteiger partial charge in [0, 0.05) is 0 Å². The first-order chi connectivity index (χ1) is 1.73. The van der Waals surface area contributed by atoms with Gasteiger partial charge in [0.2, 0.25) is 0 Å². The van der Waals surface area contributed by atoms with Crippen LogP contribution < -0.4 is 0 Å². The molecule has 0 aliphatic rings. The van der Waals surface area contributed by atoms with E-state index in [1.165, 1.54) is 0 Å². The number of hydrogen-bond donors (Lipinski definition) is 0. The summed E-state index contributed by atoms with van der Waals surface area (Å²) in [5.41, 5.74) is 0. The van der Waals surface area contributed by atoms with Crippen LogP contribution in [-0.4, -0.2) is 0 Å². The maximum Gasteiger partial charge on any atom is -0.0500 e. The SMILES string of the molecule is CC(C)C.I. The Morgan fingerprint density at radius 3 is 1.00 bits per heavy atom. The summed E-state index contributed by atoms with van der Waals surface area (Å²) in [6, 6.07) is 0. The predicted molar refractivity (Wildman–Crippen MR) is 35.9 cm³/mol. The van der Waals surface area contributed by atoms with Gasteiger partial charge in [-0.15, -0.1) is 24.0 Å². The highest BCUT2D eigenvalue weighted by Gasteiger charge is 1.68. The first kappa shape index (κ1) is 9.21. The van der Waals surface area contributed by atoms with Crippen molar-refractivity contribution in [1.82, 2.24) is 0 Å². The van der Waals surface area contributed by atoms with Gasteiger partial charge in [0.15, 0.2) is 0 Å². The van der Waals surface area contributed by atoms with Crippen molar-refractivity contribution in [1.29, 1.82) is 0 Å². The van der Waals surface area contributed by atoms with Crippen molar-refractivity contribution < 1.29 is 0 Å². The van der Waals surface area contributed by atoms with E-state index < -0.39 is 0 Å². The zero-order valence-corrected chi connectivity index (χ0v) is 6.32. The lowest BCUT2D eigenvalue weighted by Crippen LogP contribution is -1.66. The van der Waals surface area contributed by atoms with Gasteiger partial charge in [0.05, 0.1) is 0 Å². The standard InChI is InChI=1S/C4H10.HI/c1-4(2)3;/h4H,1-3H3;1H. The minimum atomic E-state index is 0. The molecule has 0 radical (unpaired) electrons. The summed E-state index contributed by atoms with van der Waals surface area (Å²) < 4.78 is 0. The first-order valence-electron chi connectivity index (χ1n) is 1.73. The normalized spacial score (nSPS) is 7.20. The van der Waals surface area contributed by atoms with Crippen LogP contribution >= 0.6 is 24.0 Å². The molecule has 0 spiro atoms. The Morgan fingerprint density at radius 2 is 1.00 bits per heavy atom. The molecule has 0 heterocycles. The topological polar surface area (TPSA) is 0 Å². The molecule has 0 saturated heterocycles. The van der Waals surface area contributed by atoms with Crippen molar-refractivity contribution in [2.75, 3.05) is 0 Å². The van der Waals surface area contributed by atoms with Crippen LogP contribution in [0.5, 0.6) is 0 Å². The Labute approximate surface area is 51.0 Å². The predicted octanol–water partition coefficient (Wildman–Crippen LogP) is 2.28. The molecule has 0 aromatic rings. The lowest BCUT2D eigenvalue weighted by molar-refractivity contribution is 0.737. The van der Waals surface area contributed by atoms with Gasteiger partial charge in [-0.25, -0.2) is 0 Å². The lowest BCUT2D eigenvalue weighted by atomic mass is 10.3. The molecule has 0 aromatic carbocycles. The largest absolute Gasteiger partial charge is 0.107 e. The average Bonchev–Trinajstić information content (AvgIpc) is 0.811. The first-order valence-corrected chi connectivity index (χ1v) is 1.73. The van der Waals surface area contributed by atoms with Crippen molar-refractivity contribution in [3.05, 3.63) is 0 Å². The van der Waals surface area contributed by atoms with E-state index in [0.717, 1.165) is 5.92 Å². The molecule has 0 atom stereocenters. The molecule has 0 unspecified atom stereocenters. The summed E-state index contributed by atoms with van der Waals surface area (Å²) in [5, 5.41) is 0. The van der Waals surface area contributed by atoms with Gasteiger partial charge in [-0.2, -0.15) is 0 Å². The van der Waals surface area contributed by atoms with Crippen molar-refractivity contribution in [2.45, 2.75) is 20.8 Å². The molecule has 0 nitrogen and oxygen atoms in total. The summed E-state index contributed by atoms with van der Waals surface area (Å²) in [6.45, 7) is 6.50. The minimum absolute atomic E-state index is 0. The van der Waals surface area contributed by atoms with Crippen LogP contribution in [-0.2, 0) is 0 Å². The van der Waals surface area contributed by atoms with Crippen molar-refractivity contribution in [2.24, 2.45) is 5.92 Å². The van der Waals surface area contributed by atoms with Gasteiger partial charge in [-0.05, 0) is 5.92 Å². The van der Waals surface area contributed by atoms with E-state index in [-0.39, 0.29) is 24.0 Å². The lowest BCUT2D eigenvalue weighted by Gasteiger charge is -1.79. The molecule has 0 aliphatic carbocycles. The van der Waals surface area contributed by atoms with Crippen LogP contribution in [0.15, 0.2) is 0 Å². The molecule has 0 N–H and O–H groups in total. The monoisotopic (exact) mass is 186 g/mol. The molecular weight excluding hydrogens is 175 g/mol. The van der Waals surface area contributed by atoms with Gasteiger partial charge < -0.3 is 0 Å². The fourth-order valence-electron chi connectivity index (χ4n) is 0. The summed E-state index contributed by atoms with van der Waals surface area (Å²) in [4.78, 5) is 0. The van der Waals surface area contributed by atoms with E-state index >= 15 is 0 Å². The van der Waals surface area contributed by atoms with Crippen molar-refractivity contribution in [3.63, 3.8) is 0 Å². The second-order valence-corrected chi connectivity index (χ2v) is 1.73. The second kappa shape index (κ2) is 4.73. The summed E-state index contributed by atoms with van der Waals surface area (Å²) in [7, 11) is 0. The van der Waals surface area contributed by atoms with Crippen LogP contribution in [0.4, 0.5) is 0 Å². The van der Waals surface area contributed by atoms with E-state index in [0.29, 0.717) is 0 Å². The molecule has 0 bridgehead atoms. The highest BCUT2D eigenvalue weighted by atomic mass is 127. The molecule has 5 heavy (non-hydrogen) atoms. The molecule has 34 valence electrons. The fourth-order valence-corrected chi connectivity index (χ4v) is 0. The average molecular weight is 186 g/mol. The summed E-state index contributed by atoms with van der Waals surface area (Å²) in [6.07, 6.45) is 0. The molecule has 1 heteroatoms. The minimum Gasteiger partial charge on any atom is -0.107 e. The summed E-state index contributed by atoms with van der Waals surface area (Å²) in [5.74, 6) is 0.833. The van der Waals surface area contributed by atoms with Crippen molar-refractivity contribution >= 4 is 24.0 Å². The number of rotatable bonds is 0. The Kier molecular flexibility index (Phi) is 8.72. The highest BCUT2D eigenvalue weighted by molar-refractivity contribution is 14.0. The third-order valence-corrected chi connectivity index (χ3v) is 0. The Morgan fingerprint density at radius 1 is 1.00 bits per heavy atom. The molecular formula is C4H11I. The third-order valence-electron chi connectivity index (χ3n) is 0. The van der Waals surface area contributed by atoms with E-state index in [2.05, 4.69) is 20.8 Å². The van der Waals surface area contributed by atoms with E-state index in [1.54, 1.807) is 0 Å². The van der Waals surface area contributed by atoms with E-state index in [4.69, 9.17) is 0 Å². The van der Waals surface area contributed by atoms with E-state index in [9.17, 15) is 0 Å². The smallest absolute Gasteiger partial charge is 0.0500 e. The Balaban J connectivity index is 0.